The highest BCUT2D eigenvalue weighted by Crippen LogP contribution is 2.34. The Morgan fingerprint density at radius 3 is 2.21 bits per heavy atom. The fourth-order valence-electron chi connectivity index (χ4n) is 6.45. The predicted octanol–water partition coefficient (Wildman–Crippen LogP) is 4.15. The van der Waals surface area contributed by atoms with Crippen molar-refractivity contribution in [3.8, 4) is 5.75 Å². The number of ether oxygens (including phenoxy) is 1. The minimum absolute atomic E-state index is 0.125. The lowest BCUT2D eigenvalue weighted by Crippen LogP contribution is -2.55. The van der Waals surface area contributed by atoms with E-state index in [2.05, 4.69) is 28.9 Å². The fraction of sp³-hybridized carbons (Fsp3) is 0.567. The van der Waals surface area contributed by atoms with Crippen molar-refractivity contribution in [1.82, 2.24) is 9.80 Å². The van der Waals surface area contributed by atoms with E-state index < -0.39 is 11.6 Å². The predicted molar refractivity (Wildman–Crippen MR) is 151 cm³/mol. The first-order chi connectivity index (χ1) is 18.9. The van der Waals surface area contributed by atoms with E-state index in [9.17, 15) is 13.6 Å². The van der Waals surface area contributed by atoms with Gasteiger partial charge in [0.15, 0.2) is 0 Å². The zero-order valence-corrected chi connectivity index (χ0v) is 23.2. The second kappa shape index (κ2) is 12.0. The van der Waals surface area contributed by atoms with Crippen LogP contribution in [0.5, 0.6) is 5.75 Å². The van der Waals surface area contributed by atoms with Gasteiger partial charge in [-0.3, -0.25) is 9.69 Å². The Balaban J connectivity index is 1.11. The number of rotatable bonds is 7. The number of hydrogen-bond donors (Lipinski definition) is 1. The van der Waals surface area contributed by atoms with Crippen LogP contribution in [0.3, 0.4) is 0 Å². The highest BCUT2D eigenvalue weighted by molar-refractivity contribution is 5.80. The smallest absolute Gasteiger partial charge is 0.227 e. The summed E-state index contributed by atoms with van der Waals surface area (Å²) < 4.78 is 33.1. The molecule has 212 valence electrons. The van der Waals surface area contributed by atoms with Gasteiger partial charge in [0.1, 0.15) is 17.4 Å². The van der Waals surface area contributed by atoms with Crippen molar-refractivity contribution in [2.24, 2.45) is 5.92 Å². The Hall–Kier alpha value is -3.07. The number of nitrogen functional groups attached to an aromatic ring is 1. The second-order valence-electron chi connectivity index (χ2n) is 10.9. The van der Waals surface area contributed by atoms with Crippen LogP contribution in [0.2, 0.25) is 0 Å². The number of piperidine rings is 1. The minimum Gasteiger partial charge on any atom is -0.492 e. The van der Waals surface area contributed by atoms with Gasteiger partial charge < -0.3 is 25.2 Å². The van der Waals surface area contributed by atoms with Crippen molar-refractivity contribution < 1.29 is 18.3 Å². The first-order valence-electron chi connectivity index (χ1n) is 14.4. The molecule has 2 N–H and O–H groups in total. The molecular formula is C30H41F2N5O2. The molecule has 0 aliphatic carbocycles. The van der Waals surface area contributed by atoms with Crippen LogP contribution in [0, 0.1) is 17.6 Å². The molecule has 3 saturated heterocycles. The van der Waals surface area contributed by atoms with Crippen LogP contribution in [0.25, 0.3) is 0 Å². The molecule has 0 bridgehead atoms. The number of nitrogens with zero attached hydrogens (tertiary/aromatic N) is 4. The summed E-state index contributed by atoms with van der Waals surface area (Å²) in [6, 6.07) is 8.25. The summed E-state index contributed by atoms with van der Waals surface area (Å²) in [5.74, 6) is -0.363. The molecule has 9 heteroatoms. The number of halogens is 2. The van der Waals surface area contributed by atoms with Crippen LogP contribution in [-0.2, 0) is 11.2 Å². The summed E-state index contributed by atoms with van der Waals surface area (Å²) in [6.45, 7) is 11.1. The standard InChI is InChI=1S/C30H41F2N5O2/c1-3-21-15-27(33)29(39-4-2)19-28(21)35-9-6-25(7-10-35)34-11-13-36(14-12-34)30(38)22-5-8-37(20-22)26-17-23(31)16-24(32)18-26/h15-19,22,25H,3-14,20,33H2,1-2H3. The van der Waals surface area contributed by atoms with E-state index in [1.165, 1.54) is 23.4 Å². The first kappa shape index (κ1) is 27.5. The van der Waals surface area contributed by atoms with E-state index in [4.69, 9.17) is 10.5 Å². The van der Waals surface area contributed by atoms with Gasteiger partial charge in [-0.2, -0.15) is 0 Å². The van der Waals surface area contributed by atoms with Crippen LogP contribution in [0.15, 0.2) is 30.3 Å². The largest absolute Gasteiger partial charge is 0.492 e. The average Bonchev–Trinajstić information content (AvgIpc) is 3.44. The molecule has 1 unspecified atom stereocenters. The Morgan fingerprint density at radius 2 is 1.56 bits per heavy atom. The Morgan fingerprint density at radius 1 is 0.897 bits per heavy atom. The van der Waals surface area contributed by atoms with Gasteiger partial charge in [0.2, 0.25) is 5.91 Å². The van der Waals surface area contributed by atoms with Gasteiger partial charge in [0.05, 0.1) is 18.2 Å². The van der Waals surface area contributed by atoms with Crippen molar-refractivity contribution in [2.75, 3.05) is 74.5 Å². The SMILES string of the molecule is CCOc1cc(N2CCC(N3CCN(C(=O)C4CCN(c5cc(F)cc(F)c5)C4)CC3)CC2)c(CC)cc1N. The van der Waals surface area contributed by atoms with Gasteiger partial charge in [-0.25, -0.2) is 8.78 Å². The van der Waals surface area contributed by atoms with Crippen molar-refractivity contribution in [1.29, 1.82) is 0 Å². The normalized spacial score (nSPS) is 21.0. The van der Waals surface area contributed by atoms with E-state index in [-0.39, 0.29) is 11.8 Å². The van der Waals surface area contributed by atoms with Gasteiger partial charge in [0.25, 0.3) is 0 Å². The molecule has 1 atom stereocenters. The summed E-state index contributed by atoms with van der Waals surface area (Å²) in [5.41, 5.74) is 9.91. The summed E-state index contributed by atoms with van der Waals surface area (Å²) in [6.07, 6.45) is 3.83. The summed E-state index contributed by atoms with van der Waals surface area (Å²) in [4.78, 5) is 22.2. The molecule has 3 aliphatic heterocycles. The van der Waals surface area contributed by atoms with Crippen molar-refractivity contribution in [3.63, 3.8) is 0 Å². The van der Waals surface area contributed by atoms with Crippen molar-refractivity contribution in [3.05, 3.63) is 47.5 Å². The number of piperazine rings is 1. The molecule has 3 aliphatic rings. The summed E-state index contributed by atoms with van der Waals surface area (Å²) >= 11 is 0. The van der Waals surface area contributed by atoms with Crippen LogP contribution < -0.4 is 20.3 Å². The number of amides is 1. The van der Waals surface area contributed by atoms with Gasteiger partial charge in [0, 0.05) is 81.9 Å². The molecule has 2 aromatic carbocycles. The van der Waals surface area contributed by atoms with Gasteiger partial charge in [-0.15, -0.1) is 0 Å². The quantitative estimate of drug-likeness (QED) is 0.532. The zero-order chi connectivity index (χ0) is 27.5. The third kappa shape index (κ3) is 6.08. The molecule has 7 nitrogen and oxygen atoms in total. The molecular weight excluding hydrogens is 500 g/mol. The zero-order valence-electron chi connectivity index (χ0n) is 23.2. The van der Waals surface area contributed by atoms with Crippen molar-refractivity contribution in [2.45, 2.75) is 45.6 Å². The molecule has 5 rings (SSSR count). The lowest BCUT2D eigenvalue weighted by Gasteiger charge is -2.44. The molecule has 0 radical (unpaired) electrons. The lowest BCUT2D eigenvalue weighted by atomic mass is 9.99. The minimum atomic E-state index is -0.587. The van der Waals surface area contributed by atoms with Crippen LogP contribution >= 0.6 is 0 Å². The van der Waals surface area contributed by atoms with Gasteiger partial charge in [-0.05, 0) is 56.4 Å². The second-order valence-corrected chi connectivity index (χ2v) is 10.9. The first-order valence-corrected chi connectivity index (χ1v) is 14.4. The van der Waals surface area contributed by atoms with Crippen LogP contribution in [0.4, 0.5) is 25.8 Å². The maximum absolute atomic E-state index is 13.7. The molecule has 3 heterocycles. The van der Waals surface area contributed by atoms with E-state index in [1.54, 1.807) is 0 Å². The molecule has 39 heavy (non-hydrogen) atoms. The van der Waals surface area contributed by atoms with E-state index in [1.807, 2.05) is 16.7 Å². The average molecular weight is 542 g/mol. The van der Waals surface area contributed by atoms with E-state index in [0.29, 0.717) is 43.5 Å². The Bertz CT molecular complexity index is 1140. The summed E-state index contributed by atoms with van der Waals surface area (Å²) in [5, 5.41) is 0. The number of aryl methyl sites for hydroxylation is 1. The number of carbonyl (C=O) groups excluding carboxylic acids is 1. The summed E-state index contributed by atoms with van der Waals surface area (Å²) in [7, 11) is 0. The highest BCUT2D eigenvalue weighted by Gasteiger charge is 2.35. The molecule has 0 saturated carbocycles. The Labute approximate surface area is 230 Å². The van der Waals surface area contributed by atoms with E-state index >= 15 is 0 Å². The van der Waals surface area contributed by atoms with Crippen LogP contribution in [0.1, 0.15) is 38.7 Å². The Kier molecular flexibility index (Phi) is 8.45. The van der Waals surface area contributed by atoms with E-state index in [0.717, 1.165) is 70.3 Å². The van der Waals surface area contributed by atoms with Crippen LogP contribution in [-0.4, -0.2) is 80.7 Å². The monoisotopic (exact) mass is 541 g/mol. The third-order valence-corrected chi connectivity index (χ3v) is 8.59. The maximum atomic E-state index is 13.7. The van der Waals surface area contributed by atoms with Crippen molar-refractivity contribution >= 4 is 23.0 Å². The fourth-order valence-corrected chi connectivity index (χ4v) is 6.45. The maximum Gasteiger partial charge on any atom is 0.227 e. The topological polar surface area (TPSA) is 65.3 Å². The number of nitrogens with two attached hydrogens (primary N) is 1. The van der Waals surface area contributed by atoms with Gasteiger partial charge in [-0.1, -0.05) is 6.92 Å². The lowest BCUT2D eigenvalue weighted by molar-refractivity contribution is -0.137. The molecule has 0 aromatic heterocycles. The highest BCUT2D eigenvalue weighted by atomic mass is 19.1. The molecule has 0 spiro atoms. The number of anilines is 3. The molecule has 1 amide bonds. The number of carbonyl (C=O) groups is 1. The molecule has 2 aromatic rings. The van der Waals surface area contributed by atoms with Gasteiger partial charge >= 0.3 is 0 Å². The number of hydrogen-bond acceptors (Lipinski definition) is 6. The third-order valence-electron chi connectivity index (χ3n) is 8.59. The molecule has 3 fully saturated rings. The number of benzene rings is 2.